The van der Waals surface area contributed by atoms with E-state index in [1.807, 2.05) is 30.3 Å². The Balaban J connectivity index is 1.59. The molecule has 8 nitrogen and oxygen atoms in total. The molecule has 0 bridgehead atoms. The van der Waals surface area contributed by atoms with E-state index >= 15 is 0 Å². The molecule has 35 heavy (non-hydrogen) atoms. The lowest BCUT2D eigenvalue weighted by Gasteiger charge is -2.23. The Hall–Kier alpha value is -4.11. The van der Waals surface area contributed by atoms with Gasteiger partial charge in [-0.3, -0.25) is 19.5 Å². The number of carbonyl (C=O) groups is 3. The van der Waals surface area contributed by atoms with Gasteiger partial charge in [0.1, 0.15) is 6.04 Å². The maximum Gasteiger partial charge on any atom is 0.338 e. The zero-order valence-corrected chi connectivity index (χ0v) is 19.9. The van der Waals surface area contributed by atoms with E-state index in [-0.39, 0.29) is 36.5 Å². The van der Waals surface area contributed by atoms with Crippen molar-refractivity contribution >= 4 is 46.5 Å². The summed E-state index contributed by atoms with van der Waals surface area (Å²) in [4.78, 5) is 45.8. The first-order valence-corrected chi connectivity index (χ1v) is 11.6. The molecule has 1 atom stereocenters. The van der Waals surface area contributed by atoms with Crippen LogP contribution in [0.15, 0.2) is 79.0 Å². The number of hydrogen-bond acceptors (Lipinski definition) is 6. The molecule has 1 N–H and O–H groups in total. The van der Waals surface area contributed by atoms with Crippen molar-refractivity contribution in [1.82, 2.24) is 9.88 Å². The first kappa shape index (κ1) is 24.0. The van der Waals surface area contributed by atoms with Gasteiger partial charge in [0.15, 0.2) is 5.11 Å². The lowest BCUT2D eigenvalue weighted by atomic mass is 10.1. The van der Waals surface area contributed by atoms with Crippen molar-refractivity contribution in [1.29, 1.82) is 0 Å². The van der Waals surface area contributed by atoms with E-state index < -0.39 is 12.0 Å². The monoisotopic (exact) mass is 488 g/mol. The second kappa shape index (κ2) is 10.9. The number of para-hydroxylation sites is 1. The van der Waals surface area contributed by atoms with Gasteiger partial charge in [-0.25, -0.2) is 4.79 Å². The van der Waals surface area contributed by atoms with Gasteiger partial charge in [-0.05, 0) is 67.7 Å². The molecule has 1 aromatic heterocycles. The van der Waals surface area contributed by atoms with Crippen molar-refractivity contribution < 1.29 is 19.1 Å². The number of carbonyl (C=O) groups excluding carboxylic acids is 3. The lowest BCUT2D eigenvalue weighted by molar-refractivity contribution is -0.124. The van der Waals surface area contributed by atoms with Gasteiger partial charge >= 0.3 is 5.97 Å². The van der Waals surface area contributed by atoms with Gasteiger partial charge in [0.2, 0.25) is 5.91 Å². The number of benzene rings is 2. The molecule has 2 amide bonds. The van der Waals surface area contributed by atoms with Gasteiger partial charge in [-0.15, -0.1) is 0 Å². The van der Waals surface area contributed by atoms with E-state index in [1.165, 1.54) is 4.90 Å². The van der Waals surface area contributed by atoms with Crippen molar-refractivity contribution in [2.45, 2.75) is 25.9 Å². The minimum absolute atomic E-state index is 0.0852. The number of ether oxygens (including phenoxy) is 1. The summed E-state index contributed by atoms with van der Waals surface area (Å²) in [6, 6.07) is 20.2. The van der Waals surface area contributed by atoms with Gasteiger partial charge in [-0.1, -0.05) is 24.3 Å². The third-order valence-corrected chi connectivity index (χ3v) is 5.87. The third kappa shape index (κ3) is 5.52. The molecule has 1 saturated heterocycles. The molecule has 0 saturated carbocycles. The Morgan fingerprint density at radius 1 is 1.03 bits per heavy atom. The fourth-order valence-corrected chi connectivity index (χ4v) is 4.17. The number of anilines is 2. The molecule has 0 spiro atoms. The average Bonchev–Trinajstić information content (AvgIpc) is 3.09. The van der Waals surface area contributed by atoms with Crippen LogP contribution in [0, 0.1) is 0 Å². The molecule has 1 fully saturated rings. The van der Waals surface area contributed by atoms with Gasteiger partial charge < -0.3 is 15.0 Å². The zero-order valence-electron chi connectivity index (χ0n) is 19.1. The Morgan fingerprint density at radius 3 is 2.40 bits per heavy atom. The van der Waals surface area contributed by atoms with Gasteiger partial charge in [0.25, 0.3) is 5.91 Å². The predicted octanol–water partition coefficient (Wildman–Crippen LogP) is 3.79. The van der Waals surface area contributed by atoms with Crippen molar-refractivity contribution in [3.8, 4) is 0 Å². The standard InChI is InChI=1S/C26H24N4O4S/c1-2-34-25(33)18-11-13-21(14-12-18)30-24(32)22(16-23(31)28-19-8-4-3-5-9-19)29(26(30)35)17-20-10-6-7-15-27-20/h3-15,22H,2,16-17H2,1H3,(H,28,31)/t22-/m0/s1. The van der Waals surface area contributed by atoms with Crippen molar-refractivity contribution in [2.24, 2.45) is 0 Å². The van der Waals surface area contributed by atoms with E-state index in [4.69, 9.17) is 17.0 Å². The fraction of sp³-hybridized carbons (Fsp3) is 0.192. The summed E-state index contributed by atoms with van der Waals surface area (Å²) in [6.45, 7) is 2.27. The van der Waals surface area contributed by atoms with E-state index in [0.29, 0.717) is 16.9 Å². The lowest BCUT2D eigenvalue weighted by Crippen LogP contribution is -2.37. The molecule has 0 radical (unpaired) electrons. The second-order valence-corrected chi connectivity index (χ2v) is 8.17. The molecule has 9 heteroatoms. The average molecular weight is 489 g/mol. The van der Waals surface area contributed by atoms with Crippen LogP contribution in [0.2, 0.25) is 0 Å². The number of rotatable bonds is 8. The summed E-state index contributed by atoms with van der Waals surface area (Å²) < 4.78 is 5.02. The minimum atomic E-state index is -0.807. The molecule has 0 unspecified atom stereocenters. The number of nitrogens with zero attached hydrogens (tertiary/aromatic N) is 3. The molecular formula is C26H24N4O4S. The summed E-state index contributed by atoms with van der Waals surface area (Å²) in [5.74, 6) is -1.07. The molecule has 4 rings (SSSR count). The van der Waals surface area contributed by atoms with Gasteiger partial charge in [-0.2, -0.15) is 0 Å². The molecule has 1 aliphatic heterocycles. The quantitative estimate of drug-likeness (QED) is 0.381. The highest BCUT2D eigenvalue weighted by molar-refractivity contribution is 7.80. The molecule has 178 valence electrons. The third-order valence-electron chi connectivity index (χ3n) is 5.45. The molecule has 1 aliphatic rings. The molecule has 2 aromatic carbocycles. The number of esters is 1. The number of amides is 2. The number of pyridine rings is 1. The first-order valence-electron chi connectivity index (χ1n) is 11.1. The highest BCUT2D eigenvalue weighted by Crippen LogP contribution is 2.29. The fourth-order valence-electron chi connectivity index (χ4n) is 3.79. The number of hydrogen-bond donors (Lipinski definition) is 1. The van der Waals surface area contributed by atoms with E-state index in [1.54, 1.807) is 60.5 Å². The molecule has 0 aliphatic carbocycles. The smallest absolute Gasteiger partial charge is 0.338 e. The number of aromatic nitrogens is 1. The second-order valence-electron chi connectivity index (χ2n) is 7.81. The molecule has 3 aromatic rings. The van der Waals surface area contributed by atoms with Crippen molar-refractivity contribution in [2.75, 3.05) is 16.8 Å². The van der Waals surface area contributed by atoms with Crippen LogP contribution < -0.4 is 10.2 Å². The summed E-state index contributed by atoms with van der Waals surface area (Å²) in [6.07, 6.45) is 1.58. The zero-order chi connectivity index (χ0) is 24.8. The van der Waals surface area contributed by atoms with Crippen LogP contribution in [0.3, 0.4) is 0 Å². The van der Waals surface area contributed by atoms with Crippen LogP contribution in [-0.4, -0.2) is 45.4 Å². The Morgan fingerprint density at radius 2 is 1.74 bits per heavy atom. The first-order chi connectivity index (χ1) is 17.0. The van der Waals surface area contributed by atoms with E-state index in [0.717, 1.165) is 5.69 Å². The SMILES string of the molecule is CCOC(=O)c1ccc(N2C(=O)[C@H](CC(=O)Nc3ccccc3)N(Cc3ccccn3)C2=S)cc1. The summed E-state index contributed by atoms with van der Waals surface area (Å²) in [7, 11) is 0. The summed E-state index contributed by atoms with van der Waals surface area (Å²) in [5.41, 5.74) is 2.24. The Labute approximate surface area is 208 Å². The van der Waals surface area contributed by atoms with Crippen LogP contribution in [-0.2, 0) is 20.9 Å². The van der Waals surface area contributed by atoms with Crippen LogP contribution in [0.5, 0.6) is 0 Å². The molecular weight excluding hydrogens is 464 g/mol. The Kier molecular flexibility index (Phi) is 7.47. The van der Waals surface area contributed by atoms with Crippen LogP contribution in [0.25, 0.3) is 0 Å². The highest BCUT2D eigenvalue weighted by Gasteiger charge is 2.44. The van der Waals surface area contributed by atoms with Crippen molar-refractivity contribution in [3.05, 3.63) is 90.3 Å². The van der Waals surface area contributed by atoms with Crippen LogP contribution >= 0.6 is 12.2 Å². The van der Waals surface area contributed by atoms with Crippen LogP contribution in [0.4, 0.5) is 11.4 Å². The largest absolute Gasteiger partial charge is 0.462 e. The molecule has 2 heterocycles. The normalized spacial score (nSPS) is 15.3. The summed E-state index contributed by atoms with van der Waals surface area (Å²) in [5, 5.41) is 3.09. The number of thiocarbonyl (C=S) groups is 1. The van der Waals surface area contributed by atoms with Gasteiger partial charge in [0, 0.05) is 11.9 Å². The Bertz CT molecular complexity index is 1220. The van der Waals surface area contributed by atoms with Gasteiger partial charge in [0.05, 0.1) is 36.5 Å². The summed E-state index contributed by atoms with van der Waals surface area (Å²) >= 11 is 5.69. The minimum Gasteiger partial charge on any atom is -0.462 e. The van der Waals surface area contributed by atoms with Crippen molar-refractivity contribution in [3.63, 3.8) is 0 Å². The highest BCUT2D eigenvalue weighted by atomic mass is 32.1. The maximum absolute atomic E-state index is 13.5. The van der Waals surface area contributed by atoms with Crippen LogP contribution in [0.1, 0.15) is 29.4 Å². The van der Waals surface area contributed by atoms with E-state index in [9.17, 15) is 14.4 Å². The maximum atomic E-state index is 13.5. The topological polar surface area (TPSA) is 91.8 Å². The predicted molar refractivity (Wildman–Crippen MR) is 136 cm³/mol. The van der Waals surface area contributed by atoms with E-state index in [2.05, 4.69) is 10.3 Å². The number of nitrogens with one attached hydrogen (secondary N) is 1.